The zero-order valence-electron chi connectivity index (χ0n) is 15.2. The smallest absolute Gasteiger partial charge is 0.319 e. The van der Waals surface area contributed by atoms with Gasteiger partial charge in [0.05, 0.1) is 0 Å². The summed E-state index contributed by atoms with van der Waals surface area (Å²) in [5.41, 5.74) is 2.45. The molecule has 0 aliphatic carbocycles. The van der Waals surface area contributed by atoms with E-state index in [1.807, 2.05) is 0 Å². The van der Waals surface area contributed by atoms with Crippen LogP contribution >= 0.6 is 0 Å². The molecule has 0 fully saturated rings. The lowest BCUT2D eigenvalue weighted by atomic mass is 10.1. The van der Waals surface area contributed by atoms with Crippen molar-refractivity contribution in [2.75, 3.05) is 17.2 Å². The molecule has 0 aliphatic heterocycles. The van der Waals surface area contributed by atoms with E-state index < -0.39 is 0 Å². The van der Waals surface area contributed by atoms with Crippen LogP contribution in [0, 0.1) is 6.92 Å². The van der Waals surface area contributed by atoms with Crippen molar-refractivity contribution in [3.05, 3.63) is 72.6 Å². The summed E-state index contributed by atoms with van der Waals surface area (Å²) in [4.78, 5) is 28.1. The summed E-state index contributed by atoms with van der Waals surface area (Å²) in [6, 6.07) is 13.3. The molecular formula is C20H19N5O3. The van der Waals surface area contributed by atoms with Gasteiger partial charge in [-0.05, 0) is 55.5 Å². The number of aryl methyl sites for hydroxylation is 1. The highest BCUT2D eigenvalue weighted by Crippen LogP contribution is 2.19. The predicted octanol–water partition coefficient (Wildman–Crippen LogP) is 3.60. The minimum atomic E-state index is -0.326. The molecule has 3 N–H and O–H groups in total. The van der Waals surface area contributed by atoms with Crippen molar-refractivity contribution in [3.63, 3.8) is 0 Å². The second kappa shape index (κ2) is 8.63. The summed E-state index contributed by atoms with van der Waals surface area (Å²) in [7, 11) is 0. The third-order valence-electron chi connectivity index (χ3n) is 3.73. The van der Waals surface area contributed by atoms with Crippen molar-refractivity contribution in [1.29, 1.82) is 0 Å². The molecule has 0 saturated heterocycles. The number of carbonyl (C=O) groups is 2. The molecule has 1 aromatic heterocycles. The van der Waals surface area contributed by atoms with Crippen LogP contribution in [0.25, 0.3) is 11.5 Å². The Kier molecular flexibility index (Phi) is 5.81. The maximum absolute atomic E-state index is 12.4. The number of carbonyl (C=O) groups excluding carboxylic acids is 2. The third kappa shape index (κ3) is 4.82. The lowest BCUT2D eigenvalue weighted by Gasteiger charge is -2.08. The quantitative estimate of drug-likeness (QED) is 0.569. The summed E-state index contributed by atoms with van der Waals surface area (Å²) in [6.07, 6.45) is 1.59. The van der Waals surface area contributed by atoms with E-state index in [0.717, 1.165) is 5.56 Å². The van der Waals surface area contributed by atoms with Gasteiger partial charge in [-0.25, -0.2) is 4.79 Å². The van der Waals surface area contributed by atoms with Gasteiger partial charge >= 0.3 is 6.03 Å². The van der Waals surface area contributed by atoms with E-state index in [2.05, 4.69) is 32.7 Å². The number of urea groups is 1. The molecule has 8 heteroatoms. The Morgan fingerprint density at radius 1 is 1.04 bits per heavy atom. The molecule has 0 saturated carbocycles. The van der Waals surface area contributed by atoms with Crippen LogP contribution in [0.5, 0.6) is 0 Å². The summed E-state index contributed by atoms with van der Waals surface area (Å²) < 4.78 is 5.11. The summed E-state index contributed by atoms with van der Waals surface area (Å²) in [6.45, 7) is 5.65. The highest BCUT2D eigenvalue weighted by Gasteiger charge is 2.10. The molecule has 0 radical (unpaired) electrons. The SMILES string of the molecule is C=CCNC(=O)Nc1ccc(NC(=O)c2ccc(-c3nc(C)no3)cc2)cc1. The Balaban J connectivity index is 1.59. The second-order valence-electron chi connectivity index (χ2n) is 5.88. The molecular weight excluding hydrogens is 358 g/mol. The number of amides is 3. The van der Waals surface area contributed by atoms with Crippen LogP contribution in [0.15, 0.2) is 65.7 Å². The Bertz CT molecular complexity index is 978. The van der Waals surface area contributed by atoms with Gasteiger partial charge in [0.15, 0.2) is 5.82 Å². The Labute approximate surface area is 161 Å². The van der Waals surface area contributed by atoms with Gasteiger partial charge in [0.1, 0.15) is 0 Å². The third-order valence-corrected chi connectivity index (χ3v) is 3.73. The summed E-state index contributed by atoms with van der Waals surface area (Å²) >= 11 is 0. The van der Waals surface area contributed by atoms with Gasteiger partial charge in [0.2, 0.25) is 0 Å². The Morgan fingerprint density at radius 2 is 1.68 bits per heavy atom. The minimum absolute atomic E-state index is 0.252. The fourth-order valence-corrected chi connectivity index (χ4v) is 2.36. The first-order chi connectivity index (χ1) is 13.5. The number of aromatic nitrogens is 2. The molecule has 0 unspecified atom stereocenters. The largest absolute Gasteiger partial charge is 0.334 e. The highest BCUT2D eigenvalue weighted by molar-refractivity contribution is 6.04. The van der Waals surface area contributed by atoms with Crippen molar-refractivity contribution in [2.45, 2.75) is 6.92 Å². The maximum atomic E-state index is 12.4. The molecule has 142 valence electrons. The standard InChI is InChI=1S/C20H19N5O3/c1-3-12-21-20(27)24-17-10-8-16(9-11-17)23-18(26)14-4-6-15(7-5-14)19-22-13(2)25-28-19/h3-11H,1,12H2,2H3,(H,23,26)(H2,21,24,27). The molecule has 28 heavy (non-hydrogen) atoms. The molecule has 0 bridgehead atoms. The zero-order chi connectivity index (χ0) is 19.9. The first-order valence-electron chi connectivity index (χ1n) is 8.53. The van der Waals surface area contributed by atoms with Crippen LogP contribution in [0.3, 0.4) is 0 Å². The van der Waals surface area contributed by atoms with Gasteiger partial charge in [0.25, 0.3) is 11.8 Å². The van der Waals surface area contributed by atoms with Crippen LogP contribution < -0.4 is 16.0 Å². The van der Waals surface area contributed by atoms with Crippen molar-refractivity contribution in [1.82, 2.24) is 15.5 Å². The first kappa shape index (κ1) is 18.8. The molecule has 0 atom stereocenters. The van der Waals surface area contributed by atoms with Gasteiger partial charge in [0, 0.05) is 29.0 Å². The second-order valence-corrected chi connectivity index (χ2v) is 5.88. The van der Waals surface area contributed by atoms with Gasteiger partial charge in [-0.3, -0.25) is 4.79 Å². The number of hydrogen-bond acceptors (Lipinski definition) is 5. The Hall–Kier alpha value is -3.94. The van der Waals surface area contributed by atoms with Crippen LogP contribution in [-0.4, -0.2) is 28.6 Å². The number of anilines is 2. The van der Waals surface area contributed by atoms with E-state index >= 15 is 0 Å². The summed E-state index contributed by atoms with van der Waals surface area (Å²) in [5.74, 6) is 0.704. The maximum Gasteiger partial charge on any atom is 0.319 e. The topological polar surface area (TPSA) is 109 Å². The van der Waals surface area contributed by atoms with Gasteiger partial charge < -0.3 is 20.5 Å². The molecule has 3 rings (SSSR count). The zero-order valence-corrected chi connectivity index (χ0v) is 15.2. The number of benzene rings is 2. The monoisotopic (exact) mass is 377 g/mol. The number of nitrogens with zero attached hydrogens (tertiary/aromatic N) is 2. The van der Waals surface area contributed by atoms with Crippen molar-refractivity contribution >= 4 is 23.3 Å². The van der Waals surface area contributed by atoms with E-state index in [1.165, 1.54) is 0 Å². The highest BCUT2D eigenvalue weighted by atomic mass is 16.5. The fourth-order valence-electron chi connectivity index (χ4n) is 2.36. The lowest BCUT2D eigenvalue weighted by Crippen LogP contribution is -2.28. The first-order valence-corrected chi connectivity index (χ1v) is 8.53. The molecule has 3 amide bonds. The van der Waals surface area contributed by atoms with E-state index in [1.54, 1.807) is 61.5 Å². The molecule has 2 aromatic carbocycles. The van der Waals surface area contributed by atoms with E-state index in [0.29, 0.717) is 35.2 Å². The average molecular weight is 377 g/mol. The number of rotatable bonds is 6. The molecule has 0 aliphatic rings. The molecule has 3 aromatic rings. The van der Waals surface area contributed by atoms with Crippen molar-refractivity contribution in [2.24, 2.45) is 0 Å². The van der Waals surface area contributed by atoms with Crippen LogP contribution in [0.4, 0.5) is 16.2 Å². The van der Waals surface area contributed by atoms with E-state index in [9.17, 15) is 9.59 Å². The molecule has 0 spiro atoms. The summed E-state index contributed by atoms with van der Waals surface area (Å²) in [5, 5.41) is 11.8. The van der Waals surface area contributed by atoms with Gasteiger partial charge in [-0.1, -0.05) is 11.2 Å². The molecule has 1 heterocycles. The van der Waals surface area contributed by atoms with Crippen molar-refractivity contribution < 1.29 is 14.1 Å². The fraction of sp³-hybridized carbons (Fsp3) is 0.100. The number of hydrogen-bond donors (Lipinski definition) is 3. The predicted molar refractivity (Wildman–Crippen MR) is 106 cm³/mol. The van der Waals surface area contributed by atoms with E-state index in [4.69, 9.17) is 4.52 Å². The van der Waals surface area contributed by atoms with Gasteiger partial charge in [-0.15, -0.1) is 6.58 Å². The van der Waals surface area contributed by atoms with Crippen LogP contribution in [0.1, 0.15) is 16.2 Å². The average Bonchev–Trinajstić information content (AvgIpc) is 3.14. The van der Waals surface area contributed by atoms with Gasteiger partial charge in [-0.2, -0.15) is 4.98 Å². The van der Waals surface area contributed by atoms with Crippen molar-refractivity contribution in [3.8, 4) is 11.5 Å². The van der Waals surface area contributed by atoms with E-state index in [-0.39, 0.29) is 11.9 Å². The molecule has 8 nitrogen and oxygen atoms in total. The number of nitrogens with one attached hydrogen (secondary N) is 3. The van der Waals surface area contributed by atoms with Crippen LogP contribution in [-0.2, 0) is 0 Å². The van der Waals surface area contributed by atoms with Crippen LogP contribution in [0.2, 0.25) is 0 Å². The minimum Gasteiger partial charge on any atom is -0.334 e. The normalized spacial score (nSPS) is 10.2. The Morgan fingerprint density at radius 3 is 2.25 bits per heavy atom. The lowest BCUT2D eigenvalue weighted by molar-refractivity contribution is 0.102.